The first-order valence-corrected chi connectivity index (χ1v) is 9.30. The van der Waals surface area contributed by atoms with Crippen LogP contribution in [0.25, 0.3) is 0 Å². The molecule has 0 aromatic carbocycles. The van der Waals surface area contributed by atoms with E-state index in [0.717, 1.165) is 45.4 Å². The van der Waals surface area contributed by atoms with E-state index in [4.69, 9.17) is 0 Å². The molecule has 0 fully saturated rings. The third-order valence-electron chi connectivity index (χ3n) is 5.93. The minimum Gasteiger partial charge on any atom is -0.347 e. The summed E-state index contributed by atoms with van der Waals surface area (Å²) in [7, 11) is 0. The molecule has 3 unspecified atom stereocenters. The summed E-state index contributed by atoms with van der Waals surface area (Å²) >= 11 is 0. The first-order valence-electron chi connectivity index (χ1n) is 9.30. The van der Waals surface area contributed by atoms with Crippen LogP contribution in [0.3, 0.4) is 0 Å². The van der Waals surface area contributed by atoms with Gasteiger partial charge in [0.25, 0.3) is 5.91 Å². The number of hydrogen-bond donors (Lipinski definition) is 0. The zero-order chi connectivity index (χ0) is 16.7. The van der Waals surface area contributed by atoms with Crippen LogP contribution >= 0.6 is 0 Å². The minimum atomic E-state index is -0.152. The summed E-state index contributed by atoms with van der Waals surface area (Å²) in [5.41, 5.74) is 4.11. The van der Waals surface area contributed by atoms with Crippen LogP contribution in [0.1, 0.15) is 33.1 Å². The molecule has 3 atom stereocenters. The Morgan fingerprint density at radius 2 is 2.17 bits per heavy atom. The van der Waals surface area contributed by atoms with Gasteiger partial charge in [0.15, 0.2) is 0 Å². The van der Waals surface area contributed by atoms with Crippen molar-refractivity contribution in [3.8, 4) is 0 Å². The average molecular weight is 326 g/mol. The van der Waals surface area contributed by atoms with Gasteiger partial charge in [-0.3, -0.25) is 4.79 Å². The molecule has 0 saturated carbocycles. The molecule has 2 aliphatic carbocycles. The zero-order valence-electron chi connectivity index (χ0n) is 14.6. The second kappa shape index (κ2) is 6.28. The third-order valence-corrected chi connectivity index (χ3v) is 5.93. The van der Waals surface area contributed by atoms with Crippen LogP contribution < -0.4 is 0 Å². The van der Waals surface area contributed by atoms with Crippen LogP contribution in [-0.4, -0.2) is 47.9 Å². The largest absolute Gasteiger partial charge is 0.347 e. The van der Waals surface area contributed by atoms with Crippen molar-refractivity contribution in [3.05, 3.63) is 35.2 Å². The molecule has 128 valence electrons. The SMILES string of the molecule is CCN(CC)CCN1C2=CC=CC3C(=O)N=NC4CCCC1=C4C23. The lowest BCUT2D eigenvalue weighted by Crippen LogP contribution is -2.34. The number of hydrogen-bond acceptors (Lipinski definition) is 4. The Morgan fingerprint density at radius 1 is 1.33 bits per heavy atom. The van der Waals surface area contributed by atoms with Crippen molar-refractivity contribution in [1.29, 1.82) is 0 Å². The van der Waals surface area contributed by atoms with E-state index in [9.17, 15) is 4.79 Å². The fraction of sp³-hybridized carbons (Fsp3) is 0.632. The maximum absolute atomic E-state index is 12.4. The molecule has 4 aliphatic rings. The monoisotopic (exact) mass is 326 g/mol. The van der Waals surface area contributed by atoms with Crippen LogP contribution in [0.2, 0.25) is 0 Å². The van der Waals surface area contributed by atoms with Gasteiger partial charge in [-0.2, -0.15) is 5.11 Å². The molecule has 5 heteroatoms. The van der Waals surface area contributed by atoms with E-state index < -0.39 is 0 Å². The normalized spacial score (nSPS) is 30.8. The number of nitrogens with zero attached hydrogens (tertiary/aromatic N) is 4. The van der Waals surface area contributed by atoms with E-state index in [0.29, 0.717) is 0 Å². The summed E-state index contributed by atoms with van der Waals surface area (Å²) in [4.78, 5) is 17.4. The molecular weight excluding hydrogens is 300 g/mol. The first kappa shape index (κ1) is 15.8. The molecule has 2 aliphatic heterocycles. The van der Waals surface area contributed by atoms with E-state index in [-0.39, 0.29) is 23.8 Å². The number of likely N-dealkylation sites (N-methyl/N-ethyl adjacent to an activating group) is 1. The summed E-state index contributed by atoms with van der Waals surface area (Å²) in [6, 6.07) is 0.112. The van der Waals surface area contributed by atoms with Gasteiger partial charge in [-0.05, 0) is 44.0 Å². The Balaban J connectivity index is 1.70. The van der Waals surface area contributed by atoms with E-state index in [2.05, 4.69) is 40.0 Å². The number of rotatable bonds is 5. The maximum Gasteiger partial charge on any atom is 0.272 e. The molecule has 0 bridgehead atoms. The van der Waals surface area contributed by atoms with E-state index in [1.165, 1.54) is 17.0 Å². The van der Waals surface area contributed by atoms with Gasteiger partial charge < -0.3 is 9.80 Å². The Bertz CT molecular complexity index is 656. The summed E-state index contributed by atoms with van der Waals surface area (Å²) < 4.78 is 0. The van der Waals surface area contributed by atoms with Crippen LogP contribution in [0.15, 0.2) is 45.4 Å². The molecule has 0 aromatic heterocycles. The quantitative estimate of drug-likeness (QED) is 0.780. The van der Waals surface area contributed by atoms with Gasteiger partial charge in [0.1, 0.15) is 0 Å². The number of azo groups is 1. The molecule has 1 amide bonds. The van der Waals surface area contributed by atoms with E-state index >= 15 is 0 Å². The van der Waals surface area contributed by atoms with Crippen molar-refractivity contribution < 1.29 is 4.79 Å². The highest BCUT2D eigenvalue weighted by Crippen LogP contribution is 2.51. The fourth-order valence-corrected chi connectivity index (χ4v) is 4.66. The Morgan fingerprint density at radius 3 is 2.96 bits per heavy atom. The molecule has 0 spiro atoms. The van der Waals surface area contributed by atoms with Crippen molar-refractivity contribution in [1.82, 2.24) is 9.80 Å². The van der Waals surface area contributed by atoms with Crippen molar-refractivity contribution in [3.63, 3.8) is 0 Å². The molecule has 0 saturated heterocycles. The van der Waals surface area contributed by atoms with Crippen LogP contribution in [0, 0.1) is 11.8 Å². The van der Waals surface area contributed by atoms with Gasteiger partial charge in [0.2, 0.25) is 0 Å². The first-order chi connectivity index (χ1) is 11.7. The Hall–Kier alpha value is -1.75. The summed E-state index contributed by atoms with van der Waals surface area (Å²) in [5.74, 6) is -0.0523. The molecule has 24 heavy (non-hydrogen) atoms. The fourth-order valence-electron chi connectivity index (χ4n) is 4.66. The number of carbonyl (C=O) groups excluding carboxylic acids is 1. The number of allylic oxidation sites excluding steroid dienone is 4. The molecule has 0 aromatic rings. The number of amides is 1. The lowest BCUT2D eigenvalue weighted by molar-refractivity contribution is -0.121. The average Bonchev–Trinajstić information content (AvgIpc) is 2.86. The van der Waals surface area contributed by atoms with Crippen LogP contribution in [0.4, 0.5) is 0 Å². The second-order valence-electron chi connectivity index (χ2n) is 7.02. The predicted octanol–water partition coefficient (Wildman–Crippen LogP) is 3.13. The molecule has 4 rings (SSSR count). The summed E-state index contributed by atoms with van der Waals surface area (Å²) in [6.07, 6.45) is 9.53. The van der Waals surface area contributed by atoms with E-state index in [1.54, 1.807) is 0 Å². The second-order valence-corrected chi connectivity index (χ2v) is 7.02. The highest BCUT2D eigenvalue weighted by molar-refractivity contribution is 5.83. The van der Waals surface area contributed by atoms with Gasteiger partial charge in [-0.15, -0.1) is 5.11 Å². The standard InChI is InChI=1S/C19H26N4O/c1-3-22(4-2)11-12-23-15-9-5-7-13-17(15)18-14(20-21-19(13)24)8-6-10-16(18)23/h5,7,9,13-14,17H,3-4,6,8,10-12H2,1-2H3. The maximum atomic E-state index is 12.4. The smallest absolute Gasteiger partial charge is 0.272 e. The predicted molar refractivity (Wildman–Crippen MR) is 93.2 cm³/mol. The van der Waals surface area contributed by atoms with Crippen molar-refractivity contribution >= 4 is 5.91 Å². The number of carbonyl (C=O) groups is 1. The van der Waals surface area contributed by atoms with Crippen molar-refractivity contribution in [2.75, 3.05) is 26.2 Å². The topological polar surface area (TPSA) is 48.3 Å². The molecule has 5 nitrogen and oxygen atoms in total. The van der Waals surface area contributed by atoms with Crippen molar-refractivity contribution in [2.45, 2.75) is 39.2 Å². The van der Waals surface area contributed by atoms with Gasteiger partial charge in [0.05, 0.1) is 12.0 Å². The van der Waals surface area contributed by atoms with E-state index in [1.807, 2.05) is 12.2 Å². The third kappa shape index (κ3) is 2.37. The molecule has 0 radical (unpaired) electrons. The summed E-state index contributed by atoms with van der Waals surface area (Å²) in [5, 5.41) is 8.43. The highest BCUT2D eigenvalue weighted by atomic mass is 16.2. The zero-order valence-corrected chi connectivity index (χ0v) is 14.6. The lowest BCUT2D eigenvalue weighted by atomic mass is 9.77. The summed E-state index contributed by atoms with van der Waals surface area (Å²) in [6.45, 7) is 8.65. The van der Waals surface area contributed by atoms with Crippen LogP contribution in [0.5, 0.6) is 0 Å². The van der Waals surface area contributed by atoms with Gasteiger partial charge in [0, 0.05) is 30.4 Å². The van der Waals surface area contributed by atoms with Gasteiger partial charge in [-0.1, -0.05) is 26.0 Å². The van der Waals surface area contributed by atoms with Gasteiger partial charge >= 0.3 is 0 Å². The van der Waals surface area contributed by atoms with Gasteiger partial charge in [-0.25, -0.2) is 0 Å². The lowest BCUT2D eigenvalue weighted by Gasteiger charge is -2.31. The van der Waals surface area contributed by atoms with Crippen molar-refractivity contribution in [2.24, 2.45) is 22.1 Å². The van der Waals surface area contributed by atoms with Crippen LogP contribution in [-0.2, 0) is 4.79 Å². The molecule has 0 N–H and O–H groups in total. The highest BCUT2D eigenvalue weighted by Gasteiger charge is 2.48. The Kier molecular flexibility index (Phi) is 4.12. The minimum absolute atomic E-state index is 0.0753. The molecule has 2 heterocycles. The Labute approximate surface area is 143 Å². The molecular formula is C19H26N4O.